The Morgan fingerprint density at radius 1 is 1.42 bits per heavy atom. The van der Waals surface area contributed by atoms with Crippen LogP contribution in [0.15, 0.2) is 12.1 Å². The fourth-order valence-electron chi connectivity index (χ4n) is 1.82. The van der Waals surface area contributed by atoms with Crippen molar-refractivity contribution in [2.45, 2.75) is 0 Å². The SMILES string of the molecule is O=C(c1cc(Cl)cc([N+](=O)[O-])c1O)N1CCOCC1. The molecule has 1 heterocycles. The van der Waals surface area contributed by atoms with E-state index in [9.17, 15) is 20.0 Å². The number of carbonyl (C=O) groups excluding carboxylic acids is 1. The molecule has 7 nitrogen and oxygen atoms in total. The fraction of sp³-hybridized carbons (Fsp3) is 0.364. The molecular weight excluding hydrogens is 276 g/mol. The largest absolute Gasteiger partial charge is 0.502 e. The molecule has 1 amide bonds. The van der Waals surface area contributed by atoms with Crippen molar-refractivity contribution in [3.8, 4) is 5.75 Å². The molecular formula is C11H11ClN2O5. The molecule has 19 heavy (non-hydrogen) atoms. The van der Waals surface area contributed by atoms with Crippen LogP contribution in [0.2, 0.25) is 5.02 Å². The Morgan fingerprint density at radius 3 is 2.63 bits per heavy atom. The molecule has 1 N–H and O–H groups in total. The van der Waals surface area contributed by atoms with Crippen LogP contribution in [-0.2, 0) is 4.74 Å². The molecule has 102 valence electrons. The first kappa shape index (κ1) is 13.6. The third-order valence-corrected chi connectivity index (χ3v) is 3.00. The number of morpholine rings is 1. The first-order valence-electron chi connectivity index (χ1n) is 5.54. The zero-order valence-corrected chi connectivity index (χ0v) is 10.6. The number of phenolic OH excluding ortho intramolecular Hbond substituents is 1. The summed E-state index contributed by atoms with van der Waals surface area (Å²) in [5.74, 6) is -1.16. The second-order valence-corrected chi connectivity index (χ2v) is 4.42. The van der Waals surface area contributed by atoms with Crippen LogP contribution in [0.4, 0.5) is 5.69 Å². The molecule has 1 aliphatic heterocycles. The number of hydrogen-bond acceptors (Lipinski definition) is 5. The van der Waals surface area contributed by atoms with Gasteiger partial charge in [-0.1, -0.05) is 11.6 Å². The Bertz CT molecular complexity index is 528. The van der Waals surface area contributed by atoms with Crippen molar-refractivity contribution in [2.75, 3.05) is 26.3 Å². The molecule has 0 atom stereocenters. The van der Waals surface area contributed by atoms with Crippen molar-refractivity contribution >= 4 is 23.2 Å². The molecule has 8 heteroatoms. The molecule has 0 aliphatic carbocycles. The predicted molar refractivity (Wildman–Crippen MR) is 66.5 cm³/mol. The summed E-state index contributed by atoms with van der Waals surface area (Å²) in [6.45, 7) is 1.54. The highest BCUT2D eigenvalue weighted by Crippen LogP contribution is 2.34. The van der Waals surface area contributed by atoms with Crippen molar-refractivity contribution in [1.82, 2.24) is 4.90 Å². The van der Waals surface area contributed by atoms with Crippen LogP contribution in [0.3, 0.4) is 0 Å². The molecule has 0 bridgehead atoms. The van der Waals surface area contributed by atoms with E-state index in [1.165, 1.54) is 11.0 Å². The number of nitro benzene ring substituents is 1. The van der Waals surface area contributed by atoms with Gasteiger partial charge in [0.2, 0.25) is 5.75 Å². The molecule has 1 aromatic rings. The Balaban J connectivity index is 2.38. The summed E-state index contributed by atoms with van der Waals surface area (Å²) in [6, 6.07) is 2.23. The molecule has 1 saturated heterocycles. The molecule has 0 radical (unpaired) electrons. The number of nitro groups is 1. The number of rotatable bonds is 2. The molecule has 0 aromatic heterocycles. The first-order valence-corrected chi connectivity index (χ1v) is 5.92. The maximum absolute atomic E-state index is 12.2. The van der Waals surface area contributed by atoms with E-state index in [0.29, 0.717) is 26.3 Å². The minimum Gasteiger partial charge on any atom is -0.502 e. The van der Waals surface area contributed by atoms with Gasteiger partial charge in [0, 0.05) is 24.2 Å². The maximum atomic E-state index is 12.2. The summed E-state index contributed by atoms with van der Waals surface area (Å²) < 4.78 is 5.11. The maximum Gasteiger partial charge on any atom is 0.313 e. The second kappa shape index (κ2) is 5.41. The van der Waals surface area contributed by atoms with Crippen LogP contribution < -0.4 is 0 Å². The Labute approximate surface area is 113 Å². The number of nitrogens with zero attached hydrogens (tertiary/aromatic N) is 2. The number of benzene rings is 1. The molecule has 1 aromatic carbocycles. The molecule has 1 aliphatic rings. The van der Waals surface area contributed by atoms with Crippen LogP contribution >= 0.6 is 11.6 Å². The average Bonchev–Trinajstić information content (AvgIpc) is 2.41. The van der Waals surface area contributed by atoms with E-state index >= 15 is 0 Å². The van der Waals surface area contributed by atoms with Gasteiger partial charge in [-0.2, -0.15) is 0 Å². The highest BCUT2D eigenvalue weighted by molar-refractivity contribution is 6.31. The second-order valence-electron chi connectivity index (χ2n) is 3.98. The topological polar surface area (TPSA) is 92.9 Å². The quantitative estimate of drug-likeness (QED) is 0.655. The van der Waals surface area contributed by atoms with E-state index in [2.05, 4.69) is 0 Å². The van der Waals surface area contributed by atoms with Crippen LogP contribution in [0.25, 0.3) is 0 Å². The monoisotopic (exact) mass is 286 g/mol. The van der Waals surface area contributed by atoms with Gasteiger partial charge in [0.25, 0.3) is 5.91 Å². The van der Waals surface area contributed by atoms with Crippen molar-refractivity contribution < 1.29 is 19.6 Å². The van der Waals surface area contributed by atoms with Gasteiger partial charge in [-0.25, -0.2) is 0 Å². The van der Waals surface area contributed by atoms with Gasteiger partial charge in [-0.3, -0.25) is 14.9 Å². The van der Waals surface area contributed by atoms with Gasteiger partial charge in [-0.15, -0.1) is 0 Å². The summed E-state index contributed by atoms with van der Waals surface area (Å²) in [7, 11) is 0. The normalized spacial score (nSPS) is 15.3. The molecule has 1 fully saturated rings. The minimum atomic E-state index is -0.780. The third kappa shape index (κ3) is 2.77. The lowest BCUT2D eigenvalue weighted by Crippen LogP contribution is -2.40. The van der Waals surface area contributed by atoms with Gasteiger partial charge < -0.3 is 14.7 Å². The fourth-order valence-corrected chi connectivity index (χ4v) is 2.04. The van der Waals surface area contributed by atoms with E-state index in [4.69, 9.17) is 16.3 Å². The first-order chi connectivity index (χ1) is 9.00. The van der Waals surface area contributed by atoms with E-state index < -0.39 is 22.3 Å². The molecule has 0 unspecified atom stereocenters. The lowest BCUT2D eigenvalue weighted by molar-refractivity contribution is -0.385. The summed E-state index contributed by atoms with van der Waals surface area (Å²) in [4.78, 5) is 23.6. The Morgan fingerprint density at radius 2 is 2.05 bits per heavy atom. The van der Waals surface area contributed by atoms with E-state index in [0.717, 1.165) is 6.07 Å². The van der Waals surface area contributed by atoms with Gasteiger partial charge in [-0.05, 0) is 6.07 Å². The Hall–Kier alpha value is -1.86. The highest BCUT2D eigenvalue weighted by atomic mass is 35.5. The van der Waals surface area contributed by atoms with Crippen LogP contribution in [-0.4, -0.2) is 47.1 Å². The number of phenols is 1. The average molecular weight is 287 g/mol. The molecule has 0 spiro atoms. The van der Waals surface area contributed by atoms with Gasteiger partial charge >= 0.3 is 5.69 Å². The van der Waals surface area contributed by atoms with Crippen LogP contribution in [0, 0.1) is 10.1 Å². The minimum absolute atomic E-state index is 0.0288. The van der Waals surface area contributed by atoms with Crippen LogP contribution in [0.5, 0.6) is 5.75 Å². The summed E-state index contributed by atoms with van der Waals surface area (Å²) >= 11 is 5.74. The third-order valence-electron chi connectivity index (χ3n) is 2.78. The summed E-state index contributed by atoms with van der Waals surface area (Å²) in [5, 5.41) is 20.6. The van der Waals surface area contributed by atoms with Gasteiger partial charge in [0.1, 0.15) is 0 Å². The van der Waals surface area contributed by atoms with Crippen molar-refractivity contribution in [3.63, 3.8) is 0 Å². The Kier molecular flexibility index (Phi) is 3.87. The molecule has 0 saturated carbocycles. The van der Waals surface area contributed by atoms with Crippen LogP contribution in [0.1, 0.15) is 10.4 Å². The van der Waals surface area contributed by atoms with E-state index in [1.54, 1.807) is 0 Å². The number of ether oxygens (including phenoxy) is 1. The summed E-state index contributed by atoms with van der Waals surface area (Å²) in [6.07, 6.45) is 0. The van der Waals surface area contributed by atoms with E-state index in [-0.39, 0.29) is 10.6 Å². The number of aromatic hydroxyl groups is 1. The zero-order valence-electron chi connectivity index (χ0n) is 9.84. The lowest BCUT2D eigenvalue weighted by atomic mass is 10.1. The van der Waals surface area contributed by atoms with Gasteiger partial charge in [0.05, 0.1) is 23.7 Å². The lowest BCUT2D eigenvalue weighted by Gasteiger charge is -2.27. The highest BCUT2D eigenvalue weighted by Gasteiger charge is 2.27. The van der Waals surface area contributed by atoms with Crippen molar-refractivity contribution in [2.24, 2.45) is 0 Å². The van der Waals surface area contributed by atoms with E-state index in [1.807, 2.05) is 0 Å². The summed E-state index contributed by atoms with van der Waals surface area (Å²) in [5.41, 5.74) is -0.745. The predicted octanol–water partition coefficient (Wildman–Crippen LogP) is 1.43. The zero-order chi connectivity index (χ0) is 14.0. The van der Waals surface area contributed by atoms with Crippen molar-refractivity contribution in [3.05, 3.63) is 32.8 Å². The van der Waals surface area contributed by atoms with Gasteiger partial charge in [0.15, 0.2) is 0 Å². The number of hydrogen-bond donors (Lipinski definition) is 1. The number of carbonyl (C=O) groups is 1. The smallest absolute Gasteiger partial charge is 0.313 e. The standard InChI is InChI=1S/C11H11ClN2O5/c12-7-5-8(10(15)9(6-7)14(17)18)11(16)13-1-3-19-4-2-13/h5-6,15H,1-4H2. The number of halogens is 1. The van der Waals surface area contributed by atoms with Crippen molar-refractivity contribution in [1.29, 1.82) is 0 Å². The number of amides is 1. The molecule has 2 rings (SSSR count).